The Morgan fingerprint density at radius 3 is 2.77 bits per heavy atom. The third-order valence-electron chi connectivity index (χ3n) is 5.10. The van der Waals surface area contributed by atoms with Crippen LogP contribution in [0.15, 0.2) is 18.2 Å². The van der Waals surface area contributed by atoms with Crippen molar-refractivity contribution in [3.05, 3.63) is 40.8 Å². The molecule has 1 aliphatic heterocycles. The van der Waals surface area contributed by atoms with E-state index in [4.69, 9.17) is 0 Å². The fourth-order valence-electron chi connectivity index (χ4n) is 3.98. The Kier molecular flexibility index (Phi) is 5.71. The van der Waals surface area contributed by atoms with E-state index >= 15 is 0 Å². The number of aromatic amines is 1. The van der Waals surface area contributed by atoms with Crippen LogP contribution >= 0.6 is 0 Å². The summed E-state index contributed by atoms with van der Waals surface area (Å²) >= 11 is 0. The number of aryl methyl sites for hydroxylation is 2. The van der Waals surface area contributed by atoms with E-state index in [1.807, 2.05) is 6.07 Å². The standard InChI is InChI=1S/C20H29N5O/c1-13-8-18(9-14(2)21-13)10-17-6-5-7-25(12-17)15(3)19-11-20(24-23-19)22-16(4)26/h8-9,11,15,17H,5-7,10,12H2,1-4H3,(H2,22,23,24,26)/t15-,17-/m1/s1. The van der Waals surface area contributed by atoms with Crippen molar-refractivity contribution in [2.24, 2.45) is 5.92 Å². The molecule has 26 heavy (non-hydrogen) atoms. The Bertz CT molecular complexity index is 749. The molecule has 2 aromatic heterocycles. The minimum Gasteiger partial charge on any atom is -0.311 e. The normalized spacial score (nSPS) is 19.3. The number of carbonyl (C=O) groups excluding carboxylic acids is 1. The molecule has 3 rings (SSSR count). The fraction of sp³-hybridized carbons (Fsp3) is 0.550. The second-order valence-corrected chi connectivity index (χ2v) is 7.53. The van der Waals surface area contributed by atoms with Crippen LogP contribution in [-0.2, 0) is 11.2 Å². The van der Waals surface area contributed by atoms with Gasteiger partial charge < -0.3 is 5.32 Å². The zero-order valence-corrected chi connectivity index (χ0v) is 16.2. The summed E-state index contributed by atoms with van der Waals surface area (Å²) in [5.41, 5.74) is 4.57. The fourth-order valence-corrected chi connectivity index (χ4v) is 3.98. The van der Waals surface area contributed by atoms with Gasteiger partial charge in [-0.15, -0.1) is 0 Å². The molecule has 1 fully saturated rings. The van der Waals surface area contributed by atoms with E-state index in [1.54, 1.807) is 0 Å². The monoisotopic (exact) mass is 355 g/mol. The maximum atomic E-state index is 11.2. The molecule has 1 saturated heterocycles. The van der Waals surface area contributed by atoms with Crippen molar-refractivity contribution in [3.63, 3.8) is 0 Å². The van der Waals surface area contributed by atoms with Gasteiger partial charge in [0.2, 0.25) is 5.91 Å². The Morgan fingerprint density at radius 1 is 1.35 bits per heavy atom. The molecular weight excluding hydrogens is 326 g/mol. The summed E-state index contributed by atoms with van der Waals surface area (Å²) in [5.74, 6) is 1.23. The summed E-state index contributed by atoms with van der Waals surface area (Å²) < 4.78 is 0. The number of nitrogens with one attached hydrogen (secondary N) is 2. The summed E-state index contributed by atoms with van der Waals surface area (Å²) in [4.78, 5) is 18.2. The van der Waals surface area contributed by atoms with Crippen LogP contribution in [0.1, 0.15) is 55.4 Å². The van der Waals surface area contributed by atoms with E-state index in [9.17, 15) is 4.79 Å². The lowest BCUT2D eigenvalue weighted by Crippen LogP contribution is -2.38. The molecule has 2 aromatic rings. The average molecular weight is 355 g/mol. The van der Waals surface area contributed by atoms with Gasteiger partial charge in [-0.3, -0.25) is 19.8 Å². The summed E-state index contributed by atoms with van der Waals surface area (Å²) in [6.45, 7) is 9.99. The highest BCUT2D eigenvalue weighted by Gasteiger charge is 2.26. The van der Waals surface area contributed by atoms with Crippen LogP contribution in [0.2, 0.25) is 0 Å². The van der Waals surface area contributed by atoms with Crippen molar-refractivity contribution in [1.82, 2.24) is 20.1 Å². The Labute approximate surface area is 155 Å². The molecule has 0 unspecified atom stereocenters. The van der Waals surface area contributed by atoms with Crippen LogP contribution in [0.4, 0.5) is 5.82 Å². The predicted octanol–water partition coefficient (Wildman–Crippen LogP) is 3.40. The molecule has 0 radical (unpaired) electrons. The Morgan fingerprint density at radius 2 is 2.08 bits per heavy atom. The number of piperidine rings is 1. The minimum atomic E-state index is -0.0890. The molecule has 0 saturated carbocycles. The van der Waals surface area contributed by atoms with Crippen LogP contribution in [-0.4, -0.2) is 39.1 Å². The van der Waals surface area contributed by atoms with E-state index in [1.165, 1.54) is 25.3 Å². The number of hydrogen-bond acceptors (Lipinski definition) is 4. The first-order chi connectivity index (χ1) is 12.4. The number of H-pyrrole nitrogens is 1. The van der Waals surface area contributed by atoms with E-state index in [2.05, 4.69) is 58.3 Å². The van der Waals surface area contributed by atoms with Gasteiger partial charge in [-0.2, -0.15) is 5.10 Å². The van der Waals surface area contributed by atoms with Crippen molar-refractivity contribution in [2.45, 2.75) is 53.0 Å². The van der Waals surface area contributed by atoms with Gasteiger partial charge in [0, 0.05) is 30.9 Å². The topological polar surface area (TPSA) is 73.9 Å². The molecule has 6 heteroatoms. The summed E-state index contributed by atoms with van der Waals surface area (Å²) in [6.07, 6.45) is 3.58. The quantitative estimate of drug-likeness (QED) is 0.862. The number of hydrogen-bond donors (Lipinski definition) is 2. The van der Waals surface area contributed by atoms with Crippen molar-refractivity contribution in [1.29, 1.82) is 0 Å². The van der Waals surface area contributed by atoms with Gasteiger partial charge in [0.15, 0.2) is 0 Å². The SMILES string of the molecule is CC(=O)Nc1cc([C@@H](C)N2CCC[C@H](Cc3cc(C)nc(C)c3)C2)n[nH]1. The van der Waals surface area contributed by atoms with Gasteiger partial charge in [0.25, 0.3) is 0 Å². The van der Waals surface area contributed by atoms with Crippen molar-refractivity contribution in [2.75, 3.05) is 18.4 Å². The second-order valence-electron chi connectivity index (χ2n) is 7.53. The number of rotatable bonds is 5. The maximum absolute atomic E-state index is 11.2. The number of nitrogens with zero attached hydrogens (tertiary/aromatic N) is 3. The van der Waals surface area contributed by atoms with E-state index in [0.29, 0.717) is 11.7 Å². The average Bonchev–Trinajstić information content (AvgIpc) is 3.01. The Balaban J connectivity index is 1.63. The number of pyridine rings is 1. The summed E-state index contributed by atoms with van der Waals surface area (Å²) in [7, 11) is 0. The molecule has 0 spiro atoms. The molecule has 1 aliphatic rings. The number of carbonyl (C=O) groups is 1. The highest BCUT2D eigenvalue weighted by atomic mass is 16.1. The summed E-state index contributed by atoms with van der Waals surface area (Å²) in [5, 5.41) is 10.0. The van der Waals surface area contributed by atoms with Crippen LogP contribution in [0.25, 0.3) is 0 Å². The minimum absolute atomic E-state index is 0.0890. The van der Waals surface area contributed by atoms with E-state index in [-0.39, 0.29) is 11.9 Å². The number of likely N-dealkylation sites (tertiary alicyclic amines) is 1. The first-order valence-corrected chi connectivity index (χ1v) is 9.42. The van der Waals surface area contributed by atoms with Crippen molar-refractivity contribution < 1.29 is 4.79 Å². The molecule has 0 bridgehead atoms. The van der Waals surface area contributed by atoms with Gasteiger partial charge in [-0.1, -0.05) is 0 Å². The summed E-state index contributed by atoms with van der Waals surface area (Å²) in [6, 6.07) is 6.59. The lowest BCUT2D eigenvalue weighted by atomic mass is 9.90. The van der Waals surface area contributed by atoms with Crippen molar-refractivity contribution >= 4 is 11.7 Å². The number of amides is 1. The molecule has 2 N–H and O–H groups in total. The smallest absolute Gasteiger partial charge is 0.222 e. The van der Waals surface area contributed by atoms with Gasteiger partial charge in [-0.25, -0.2) is 0 Å². The lowest BCUT2D eigenvalue weighted by Gasteiger charge is -2.36. The third kappa shape index (κ3) is 4.69. The van der Waals surface area contributed by atoms with Gasteiger partial charge in [0.1, 0.15) is 5.82 Å². The van der Waals surface area contributed by atoms with Gasteiger partial charge in [-0.05, 0) is 70.2 Å². The first-order valence-electron chi connectivity index (χ1n) is 9.42. The van der Waals surface area contributed by atoms with Crippen LogP contribution in [0.3, 0.4) is 0 Å². The van der Waals surface area contributed by atoms with Gasteiger partial charge >= 0.3 is 0 Å². The predicted molar refractivity (Wildman–Crippen MR) is 103 cm³/mol. The molecule has 140 valence electrons. The molecule has 2 atom stereocenters. The third-order valence-corrected chi connectivity index (χ3v) is 5.10. The zero-order chi connectivity index (χ0) is 18.7. The largest absolute Gasteiger partial charge is 0.311 e. The second kappa shape index (κ2) is 7.99. The van der Waals surface area contributed by atoms with Crippen LogP contribution in [0.5, 0.6) is 0 Å². The molecule has 0 aliphatic carbocycles. The molecule has 3 heterocycles. The molecule has 1 amide bonds. The van der Waals surface area contributed by atoms with E-state index < -0.39 is 0 Å². The number of anilines is 1. The van der Waals surface area contributed by atoms with Crippen molar-refractivity contribution in [3.8, 4) is 0 Å². The van der Waals surface area contributed by atoms with Crippen LogP contribution in [0, 0.1) is 19.8 Å². The first kappa shape index (κ1) is 18.6. The highest BCUT2D eigenvalue weighted by molar-refractivity contribution is 5.87. The molecular formula is C20H29N5O. The number of aromatic nitrogens is 3. The Hall–Kier alpha value is -2.21. The zero-order valence-electron chi connectivity index (χ0n) is 16.2. The molecule has 6 nitrogen and oxygen atoms in total. The van der Waals surface area contributed by atoms with Gasteiger partial charge in [0.05, 0.1) is 11.7 Å². The highest BCUT2D eigenvalue weighted by Crippen LogP contribution is 2.28. The maximum Gasteiger partial charge on any atom is 0.222 e. The molecule has 0 aromatic carbocycles. The lowest BCUT2D eigenvalue weighted by molar-refractivity contribution is -0.114. The van der Waals surface area contributed by atoms with E-state index in [0.717, 1.165) is 36.6 Å². The van der Waals surface area contributed by atoms with Crippen LogP contribution < -0.4 is 5.32 Å².